The Hall–Kier alpha value is -2.12. The number of fused-ring (bicyclic) bond motifs is 3. The lowest BCUT2D eigenvalue weighted by atomic mass is 11.0. The van der Waals surface area contributed by atoms with Crippen LogP contribution in [0.1, 0.15) is 0 Å². The van der Waals surface area contributed by atoms with Crippen molar-refractivity contribution in [1.29, 1.82) is 0 Å². The third-order valence-corrected chi connectivity index (χ3v) is 1.49. The number of hydrogen-bond donors (Lipinski definition) is 0. The number of nitrogens with zero attached hydrogens (tertiary/aromatic N) is 8. The molecule has 0 bridgehead atoms. The van der Waals surface area contributed by atoms with Gasteiger partial charge in [0.25, 0.3) is 11.6 Å². The quantitative estimate of drug-likeness (QED) is 0.402. The fourth-order valence-corrected chi connectivity index (χ4v) is 0.973. The summed E-state index contributed by atoms with van der Waals surface area (Å²) in [7, 11) is 0. The van der Waals surface area contributed by atoms with Crippen molar-refractivity contribution in [2.45, 2.75) is 0 Å². The molecular weight excluding hydrogens is 160 g/mol. The van der Waals surface area contributed by atoms with Crippen LogP contribution < -0.4 is 0 Å². The van der Waals surface area contributed by atoms with Crippen molar-refractivity contribution < 1.29 is 0 Å². The van der Waals surface area contributed by atoms with E-state index in [1.807, 2.05) is 0 Å². The molecule has 8 heteroatoms. The minimum absolute atomic E-state index is 0.419. The third kappa shape index (κ3) is 0.516. The summed E-state index contributed by atoms with van der Waals surface area (Å²) < 4.78 is 3.20. The number of aromatic nitrogens is 8. The van der Waals surface area contributed by atoms with Gasteiger partial charge in [0.15, 0.2) is 0 Å². The van der Waals surface area contributed by atoms with Crippen molar-refractivity contribution in [3.05, 3.63) is 12.7 Å². The molecule has 0 aliphatic carbocycles. The van der Waals surface area contributed by atoms with Crippen LogP contribution in [0.5, 0.6) is 0 Å². The van der Waals surface area contributed by atoms with Crippen molar-refractivity contribution in [2.75, 3.05) is 0 Å². The molecule has 3 heterocycles. The molecule has 3 aromatic heterocycles. The summed E-state index contributed by atoms with van der Waals surface area (Å²) in [6.45, 7) is 0. The molecule has 0 saturated carbocycles. The molecule has 0 aromatic carbocycles. The topological polar surface area (TPSA) is 86.2 Å². The van der Waals surface area contributed by atoms with Crippen LogP contribution in [0.15, 0.2) is 12.7 Å². The summed E-state index contributed by atoms with van der Waals surface area (Å²) >= 11 is 0. The second kappa shape index (κ2) is 1.72. The average molecular weight is 162 g/mol. The van der Waals surface area contributed by atoms with Gasteiger partial charge in [-0.25, -0.2) is 0 Å². The molecule has 58 valence electrons. The predicted octanol–water partition coefficient (Wildman–Crippen LogP) is -1.44. The van der Waals surface area contributed by atoms with Gasteiger partial charge in [-0.15, -0.1) is 30.6 Å². The summed E-state index contributed by atoms with van der Waals surface area (Å²) in [5, 5.41) is 22.3. The van der Waals surface area contributed by atoms with Crippen LogP contribution in [-0.2, 0) is 0 Å². The molecule has 0 atom stereocenters. The molecule has 0 aliphatic rings. The molecule has 0 saturated heterocycles. The van der Waals surface area contributed by atoms with Gasteiger partial charge in [-0.3, -0.25) is 0 Å². The normalized spacial score (nSPS) is 11.3. The molecule has 3 rings (SSSR count). The molecule has 0 spiro atoms. The molecule has 12 heavy (non-hydrogen) atoms. The third-order valence-electron chi connectivity index (χ3n) is 1.49. The molecular formula is C4H2N8. The molecule has 0 N–H and O–H groups in total. The maximum absolute atomic E-state index is 3.76. The Bertz CT molecular complexity index is 484. The summed E-state index contributed by atoms with van der Waals surface area (Å²) in [5.41, 5.74) is 0. The van der Waals surface area contributed by atoms with E-state index in [2.05, 4.69) is 30.6 Å². The lowest BCUT2D eigenvalue weighted by Crippen LogP contribution is -2.02. The Balaban J connectivity index is 2.71. The minimum Gasteiger partial charge on any atom is -0.195 e. The van der Waals surface area contributed by atoms with Crippen LogP contribution in [-0.4, -0.2) is 39.6 Å². The molecule has 0 fully saturated rings. The van der Waals surface area contributed by atoms with E-state index in [1.165, 1.54) is 12.7 Å². The molecule has 0 radical (unpaired) electrons. The highest BCUT2D eigenvalue weighted by atomic mass is 15.5. The highest BCUT2D eigenvalue weighted by Crippen LogP contribution is 1.93. The van der Waals surface area contributed by atoms with Gasteiger partial charge in [-0.2, -0.15) is 9.03 Å². The highest BCUT2D eigenvalue weighted by molar-refractivity contribution is 5.27. The highest BCUT2D eigenvalue weighted by Gasteiger charge is 2.02. The van der Waals surface area contributed by atoms with Gasteiger partial charge < -0.3 is 0 Å². The van der Waals surface area contributed by atoms with Crippen LogP contribution in [0, 0.1) is 0 Å². The van der Waals surface area contributed by atoms with E-state index in [4.69, 9.17) is 0 Å². The summed E-state index contributed by atoms with van der Waals surface area (Å²) in [6, 6.07) is 0. The molecule has 8 nitrogen and oxygen atoms in total. The van der Waals surface area contributed by atoms with Crippen molar-refractivity contribution in [1.82, 2.24) is 39.6 Å². The Morgan fingerprint density at radius 3 is 1.75 bits per heavy atom. The smallest absolute Gasteiger partial charge is 0.195 e. The van der Waals surface area contributed by atoms with Gasteiger partial charge in [-0.05, 0) is 0 Å². The lowest BCUT2D eigenvalue weighted by molar-refractivity contribution is 0.784. The molecule has 0 amide bonds. The zero-order valence-corrected chi connectivity index (χ0v) is 5.73. The van der Waals surface area contributed by atoms with Crippen LogP contribution in [0.2, 0.25) is 0 Å². The Labute approximate surface area is 64.9 Å². The standard InChI is InChI=1S/C4H2N8/c1-5-7-3-9-10-4-8-6-2-12(4)11(1)3/h1-2H. The average Bonchev–Trinajstić information content (AvgIpc) is 2.71. The summed E-state index contributed by atoms with van der Waals surface area (Å²) in [6.07, 6.45) is 3.03. The maximum Gasteiger partial charge on any atom is 0.289 e. The number of hydrogen-bond acceptors (Lipinski definition) is 6. The van der Waals surface area contributed by atoms with E-state index < -0.39 is 0 Å². The molecule has 0 unspecified atom stereocenters. The van der Waals surface area contributed by atoms with E-state index >= 15 is 0 Å². The van der Waals surface area contributed by atoms with E-state index in [0.717, 1.165) is 0 Å². The van der Waals surface area contributed by atoms with Gasteiger partial charge in [-0.1, -0.05) is 0 Å². The fourth-order valence-electron chi connectivity index (χ4n) is 0.973. The fraction of sp³-hybridized carbons (Fsp3) is 0. The first kappa shape index (κ1) is 5.52. The van der Waals surface area contributed by atoms with Gasteiger partial charge >= 0.3 is 0 Å². The van der Waals surface area contributed by atoms with E-state index in [9.17, 15) is 0 Å². The Morgan fingerprint density at radius 2 is 1.25 bits per heavy atom. The molecule has 3 aromatic rings. The van der Waals surface area contributed by atoms with Crippen LogP contribution in [0.3, 0.4) is 0 Å². The number of rotatable bonds is 0. The van der Waals surface area contributed by atoms with Crippen molar-refractivity contribution in [3.63, 3.8) is 0 Å². The lowest BCUT2D eigenvalue weighted by Gasteiger charge is -1.91. The zero-order valence-electron chi connectivity index (χ0n) is 5.73. The van der Waals surface area contributed by atoms with Gasteiger partial charge in [0.05, 0.1) is 0 Å². The van der Waals surface area contributed by atoms with Crippen LogP contribution >= 0.6 is 0 Å². The van der Waals surface area contributed by atoms with Gasteiger partial charge in [0, 0.05) is 0 Å². The summed E-state index contributed by atoms with van der Waals surface area (Å²) in [4.78, 5) is 0. The first-order valence-electron chi connectivity index (χ1n) is 3.17. The van der Waals surface area contributed by atoms with Crippen LogP contribution in [0.25, 0.3) is 11.6 Å². The SMILES string of the molecule is c1nnc2nnc3nncn3n12. The van der Waals surface area contributed by atoms with Crippen molar-refractivity contribution in [2.24, 2.45) is 0 Å². The first-order valence-corrected chi connectivity index (χ1v) is 3.17. The predicted molar refractivity (Wildman–Crippen MR) is 35.1 cm³/mol. The monoisotopic (exact) mass is 162 g/mol. The summed E-state index contributed by atoms with van der Waals surface area (Å²) in [5.74, 6) is 0.838. The van der Waals surface area contributed by atoms with Crippen molar-refractivity contribution in [3.8, 4) is 0 Å². The van der Waals surface area contributed by atoms with Gasteiger partial charge in [0.1, 0.15) is 12.7 Å². The molecule has 0 aliphatic heterocycles. The second-order valence-corrected chi connectivity index (χ2v) is 2.15. The largest absolute Gasteiger partial charge is 0.289 e. The van der Waals surface area contributed by atoms with Crippen molar-refractivity contribution >= 4 is 11.6 Å². The van der Waals surface area contributed by atoms with E-state index in [1.54, 1.807) is 9.03 Å². The Kier molecular flexibility index (Phi) is 0.793. The second-order valence-electron chi connectivity index (χ2n) is 2.15. The zero-order chi connectivity index (χ0) is 7.97. The van der Waals surface area contributed by atoms with E-state index in [-0.39, 0.29) is 0 Å². The van der Waals surface area contributed by atoms with Gasteiger partial charge in [0.2, 0.25) is 0 Å². The van der Waals surface area contributed by atoms with E-state index in [0.29, 0.717) is 11.6 Å². The maximum atomic E-state index is 3.76. The Morgan fingerprint density at radius 1 is 0.750 bits per heavy atom. The minimum atomic E-state index is 0.419. The first-order chi connectivity index (χ1) is 5.95. The van der Waals surface area contributed by atoms with Crippen LogP contribution in [0.4, 0.5) is 0 Å².